The van der Waals surface area contributed by atoms with Crippen molar-refractivity contribution in [3.8, 4) is 11.1 Å². The second-order valence-electron chi connectivity index (χ2n) is 6.15. The Balaban J connectivity index is 1.48. The highest BCUT2D eigenvalue weighted by Crippen LogP contribution is 2.22. The highest BCUT2D eigenvalue weighted by molar-refractivity contribution is 7.91. The molecule has 2 aromatic heterocycles. The summed E-state index contributed by atoms with van der Waals surface area (Å²) in [6.45, 7) is 2.02. The average Bonchev–Trinajstić information content (AvgIpc) is 3.05. The number of aromatic nitrogens is 3. The standard InChI is InChI=1S/C17H18N4O2S/c22-24(23)7-5-21(6-8-24)12-13-1-3-14(4-2-13)15-9-16-17(18-10-15)11-19-20-16/h1-4,9-11H,5-8,12H2,(H,19,20). The Bertz CT molecular complexity index is 950. The van der Waals surface area contributed by atoms with Gasteiger partial charge in [0.1, 0.15) is 5.52 Å². The third kappa shape index (κ3) is 3.18. The predicted molar refractivity (Wildman–Crippen MR) is 93.3 cm³/mol. The van der Waals surface area contributed by atoms with Gasteiger partial charge in [0, 0.05) is 31.4 Å². The van der Waals surface area contributed by atoms with Crippen molar-refractivity contribution in [3.63, 3.8) is 0 Å². The molecule has 1 aliphatic heterocycles. The summed E-state index contributed by atoms with van der Waals surface area (Å²) in [6.07, 6.45) is 3.56. The molecule has 3 aromatic rings. The molecule has 1 fully saturated rings. The quantitative estimate of drug-likeness (QED) is 0.786. The minimum Gasteiger partial charge on any atom is -0.297 e. The summed E-state index contributed by atoms with van der Waals surface area (Å²) in [4.78, 5) is 6.58. The first-order valence-corrected chi connectivity index (χ1v) is 9.72. The monoisotopic (exact) mass is 342 g/mol. The molecule has 0 amide bonds. The van der Waals surface area contributed by atoms with Crippen molar-refractivity contribution >= 4 is 20.9 Å². The Labute approximate surface area is 140 Å². The fourth-order valence-electron chi connectivity index (χ4n) is 2.96. The summed E-state index contributed by atoms with van der Waals surface area (Å²) in [7, 11) is -2.82. The maximum absolute atomic E-state index is 11.5. The lowest BCUT2D eigenvalue weighted by atomic mass is 10.0. The second-order valence-corrected chi connectivity index (χ2v) is 8.46. The van der Waals surface area contributed by atoms with E-state index in [-0.39, 0.29) is 11.5 Å². The van der Waals surface area contributed by atoms with Crippen LogP contribution in [0.4, 0.5) is 0 Å². The number of pyridine rings is 1. The van der Waals surface area contributed by atoms with Gasteiger partial charge in [0.2, 0.25) is 0 Å². The molecular weight excluding hydrogens is 324 g/mol. The highest BCUT2D eigenvalue weighted by Gasteiger charge is 2.21. The highest BCUT2D eigenvalue weighted by atomic mass is 32.2. The topological polar surface area (TPSA) is 79.0 Å². The van der Waals surface area contributed by atoms with E-state index in [0.717, 1.165) is 28.7 Å². The number of hydrogen-bond acceptors (Lipinski definition) is 5. The molecule has 0 bridgehead atoms. The number of benzene rings is 1. The van der Waals surface area contributed by atoms with Crippen LogP contribution >= 0.6 is 0 Å². The molecule has 0 spiro atoms. The molecule has 1 aromatic carbocycles. The number of nitrogens with one attached hydrogen (secondary N) is 1. The molecule has 0 atom stereocenters. The van der Waals surface area contributed by atoms with Gasteiger partial charge in [-0.05, 0) is 17.2 Å². The fraction of sp³-hybridized carbons (Fsp3) is 0.294. The summed E-state index contributed by atoms with van der Waals surface area (Å²) >= 11 is 0. The number of rotatable bonds is 3. The summed E-state index contributed by atoms with van der Waals surface area (Å²) in [6, 6.07) is 10.4. The van der Waals surface area contributed by atoms with E-state index in [0.29, 0.717) is 13.1 Å². The number of sulfone groups is 1. The van der Waals surface area contributed by atoms with Gasteiger partial charge < -0.3 is 0 Å². The van der Waals surface area contributed by atoms with Gasteiger partial charge in [0.25, 0.3) is 0 Å². The van der Waals surface area contributed by atoms with Crippen LogP contribution < -0.4 is 0 Å². The van der Waals surface area contributed by atoms with Crippen LogP contribution in [0.5, 0.6) is 0 Å². The number of fused-ring (bicyclic) bond motifs is 1. The molecule has 0 saturated carbocycles. The lowest BCUT2D eigenvalue weighted by Crippen LogP contribution is -2.39. The Morgan fingerprint density at radius 1 is 1.04 bits per heavy atom. The third-order valence-electron chi connectivity index (χ3n) is 4.42. The molecule has 1 saturated heterocycles. The first kappa shape index (κ1) is 15.3. The van der Waals surface area contributed by atoms with E-state index in [1.807, 2.05) is 12.3 Å². The summed E-state index contributed by atoms with van der Waals surface area (Å²) < 4.78 is 23.0. The largest absolute Gasteiger partial charge is 0.297 e. The van der Waals surface area contributed by atoms with E-state index in [1.165, 1.54) is 5.56 Å². The third-order valence-corrected chi connectivity index (χ3v) is 6.03. The molecular formula is C17H18N4O2S. The van der Waals surface area contributed by atoms with E-state index in [9.17, 15) is 8.42 Å². The Morgan fingerprint density at radius 2 is 1.79 bits per heavy atom. The van der Waals surface area contributed by atoms with Crippen LogP contribution in [0.2, 0.25) is 0 Å². The number of hydrogen-bond donors (Lipinski definition) is 1. The zero-order chi connectivity index (χ0) is 16.6. The first-order valence-electron chi connectivity index (χ1n) is 7.90. The van der Waals surface area contributed by atoms with Crippen LogP contribution in [0.25, 0.3) is 22.2 Å². The van der Waals surface area contributed by atoms with E-state index in [4.69, 9.17) is 0 Å². The molecule has 124 valence electrons. The maximum Gasteiger partial charge on any atom is 0.152 e. The SMILES string of the molecule is O=S1(=O)CCN(Cc2ccc(-c3cnc4cn[nH]c4c3)cc2)CC1. The zero-order valence-corrected chi connectivity index (χ0v) is 14.0. The lowest BCUT2D eigenvalue weighted by Gasteiger charge is -2.26. The molecule has 3 heterocycles. The van der Waals surface area contributed by atoms with Gasteiger partial charge in [0.05, 0.1) is 23.2 Å². The van der Waals surface area contributed by atoms with E-state index in [1.54, 1.807) is 6.20 Å². The van der Waals surface area contributed by atoms with Crippen LogP contribution in [0.3, 0.4) is 0 Å². The summed E-state index contributed by atoms with van der Waals surface area (Å²) in [5.74, 6) is 0.530. The zero-order valence-electron chi connectivity index (χ0n) is 13.1. The molecule has 7 heteroatoms. The molecule has 24 heavy (non-hydrogen) atoms. The van der Waals surface area contributed by atoms with Crippen molar-refractivity contribution in [1.82, 2.24) is 20.1 Å². The molecule has 0 aliphatic carbocycles. The van der Waals surface area contributed by atoms with E-state index in [2.05, 4.69) is 44.3 Å². The number of aromatic amines is 1. The molecule has 0 radical (unpaired) electrons. The molecule has 6 nitrogen and oxygen atoms in total. The van der Waals surface area contributed by atoms with Gasteiger partial charge in [-0.1, -0.05) is 24.3 Å². The van der Waals surface area contributed by atoms with Gasteiger partial charge >= 0.3 is 0 Å². The van der Waals surface area contributed by atoms with Gasteiger partial charge in [-0.3, -0.25) is 15.0 Å². The van der Waals surface area contributed by atoms with Gasteiger partial charge in [-0.2, -0.15) is 5.10 Å². The number of nitrogens with zero attached hydrogens (tertiary/aromatic N) is 3. The Hall–Kier alpha value is -2.25. The summed E-state index contributed by atoms with van der Waals surface area (Å²) in [5.41, 5.74) is 5.11. The minimum absolute atomic E-state index is 0.265. The first-order chi connectivity index (χ1) is 11.6. The van der Waals surface area contributed by atoms with Crippen LogP contribution in [0.1, 0.15) is 5.56 Å². The Kier molecular flexibility index (Phi) is 3.82. The minimum atomic E-state index is -2.82. The van der Waals surface area contributed by atoms with Crippen molar-refractivity contribution < 1.29 is 8.42 Å². The van der Waals surface area contributed by atoms with Crippen LogP contribution in [0.15, 0.2) is 42.7 Å². The van der Waals surface area contributed by atoms with Gasteiger partial charge in [-0.25, -0.2) is 8.42 Å². The molecule has 4 rings (SSSR count). The van der Waals surface area contributed by atoms with Crippen molar-refractivity contribution in [3.05, 3.63) is 48.3 Å². The molecule has 1 N–H and O–H groups in total. The smallest absolute Gasteiger partial charge is 0.152 e. The van der Waals surface area contributed by atoms with Crippen molar-refractivity contribution in [1.29, 1.82) is 0 Å². The lowest BCUT2D eigenvalue weighted by molar-refractivity contribution is 0.287. The van der Waals surface area contributed by atoms with Crippen LogP contribution in [-0.4, -0.2) is 53.1 Å². The average molecular weight is 342 g/mol. The molecule has 1 aliphatic rings. The van der Waals surface area contributed by atoms with Crippen molar-refractivity contribution in [2.45, 2.75) is 6.54 Å². The predicted octanol–water partition coefficient (Wildman–Crippen LogP) is 1.86. The van der Waals surface area contributed by atoms with E-state index >= 15 is 0 Å². The van der Waals surface area contributed by atoms with Crippen LogP contribution in [-0.2, 0) is 16.4 Å². The van der Waals surface area contributed by atoms with Gasteiger partial charge in [0.15, 0.2) is 9.84 Å². The normalized spacial score (nSPS) is 18.0. The molecule has 0 unspecified atom stereocenters. The second kappa shape index (κ2) is 5.99. The van der Waals surface area contributed by atoms with Gasteiger partial charge in [-0.15, -0.1) is 0 Å². The fourth-order valence-corrected chi connectivity index (χ4v) is 4.23. The van der Waals surface area contributed by atoms with Crippen molar-refractivity contribution in [2.24, 2.45) is 0 Å². The van der Waals surface area contributed by atoms with Crippen molar-refractivity contribution in [2.75, 3.05) is 24.6 Å². The number of H-pyrrole nitrogens is 1. The van der Waals surface area contributed by atoms with Crippen LogP contribution in [0, 0.1) is 0 Å². The van der Waals surface area contributed by atoms with E-state index < -0.39 is 9.84 Å². The maximum atomic E-state index is 11.5. The Morgan fingerprint density at radius 3 is 2.54 bits per heavy atom. The summed E-state index contributed by atoms with van der Waals surface area (Å²) in [5, 5.41) is 6.92.